The van der Waals surface area contributed by atoms with Crippen LogP contribution in [-0.4, -0.2) is 44.5 Å². The molecular weight excluding hydrogens is 309 g/mol. The van der Waals surface area contributed by atoms with E-state index >= 15 is 0 Å². The quantitative estimate of drug-likeness (QED) is 0.640. The number of halogens is 3. The van der Waals surface area contributed by atoms with Gasteiger partial charge in [-0.2, -0.15) is 13.2 Å². The Balaban J connectivity index is 2.51. The molecule has 0 radical (unpaired) electrons. The molecule has 1 amide bonds. The van der Waals surface area contributed by atoms with Crippen molar-refractivity contribution in [2.75, 3.05) is 27.7 Å². The number of hydrogen-bond donors (Lipinski definition) is 2. The van der Waals surface area contributed by atoms with Gasteiger partial charge in [-0.1, -0.05) is 12.1 Å². The molecule has 0 atom stereocenters. The lowest BCUT2D eigenvalue weighted by Gasteiger charge is -2.14. The van der Waals surface area contributed by atoms with Crippen LogP contribution >= 0.6 is 0 Å². The molecule has 0 aliphatic heterocycles. The Kier molecular flexibility index (Phi) is 6.87. The van der Waals surface area contributed by atoms with Crippen LogP contribution < -0.4 is 10.6 Å². The molecule has 1 aromatic carbocycles. The summed E-state index contributed by atoms with van der Waals surface area (Å²) < 4.78 is 37.9. The van der Waals surface area contributed by atoms with E-state index < -0.39 is 11.7 Å². The highest BCUT2D eigenvalue weighted by atomic mass is 19.4. The largest absolute Gasteiger partial charge is 0.416 e. The van der Waals surface area contributed by atoms with Gasteiger partial charge in [-0.25, -0.2) is 0 Å². The Morgan fingerprint density at radius 3 is 2.52 bits per heavy atom. The van der Waals surface area contributed by atoms with Gasteiger partial charge in [0.05, 0.1) is 5.56 Å². The average Bonchev–Trinajstić information content (AvgIpc) is 2.49. The SMILES string of the molecule is CN=C(NCCC(=O)N(C)C)NCc1cccc(C(F)(F)F)c1. The standard InChI is InChI=1S/C15H21F3N4O/c1-19-14(20-8-7-13(23)22(2)3)21-10-11-5-4-6-12(9-11)15(16,17)18/h4-6,9H,7-8,10H2,1-3H3,(H2,19,20,21). The highest BCUT2D eigenvalue weighted by molar-refractivity contribution is 5.81. The zero-order chi connectivity index (χ0) is 17.5. The first kappa shape index (κ1) is 18.8. The molecule has 0 aliphatic rings. The van der Waals surface area contributed by atoms with E-state index in [1.54, 1.807) is 27.2 Å². The molecule has 0 spiro atoms. The molecule has 0 heterocycles. The van der Waals surface area contributed by atoms with Gasteiger partial charge >= 0.3 is 6.18 Å². The fourth-order valence-corrected chi connectivity index (χ4v) is 1.78. The van der Waals surface area contributed by atoms with Crippen molar-refractivity contribution in [3.05, 3.63) is 35.4 Å². The van der Waals surface area contributed by atoms with E-state index in [4.69, 9.17) is 0 Å². The summed E-state index contributed by atoms with van der Waals surface area (Å²) in [5.41, 5.74) is -0.191. The van der Waals surface area contributed by atoms with Gasteiger partial charge in [0.25, 0.3) is 0 Å². The maximum Gasteiger partial charge on any atom is 0.416 e. The van der Waals surface area contributed by atoms with Gasteiger partial charge < -0.3 is 15.5 Å². The van der Waals surface area contributed by atoms with E-state index in [-0.39, 0.29) is 12.5 Å². The van der Waals surface area contributed by atoms with E-state index in [1.807, 2.05) is 0 Å². The normalized spacial score (nSPS) is 12.0. The van der Waals surface area contributed by atoms with Crippen LogP contribution in [0.25, 0.3) is 0 Å². The predicted molar refractivity (Wildman–Crippen MR) is 83.0 cm³/mol. The maximum absolute atomic E-state index is 12.6. The Morgan fingerprint density at radius 1 is 1.26 bits per heavy atom. The monoisotopic (exact) mass is 330 g/mol. The molecule has 2 N–H and O–H groups in total. The number of carbonyl (C=O) groups excluding carboxylic acids is 1. The van der Waals surface area contributed by atoms with Crippen LogP contribution in [0.2, 0.25) is 0 Å². The fourth-order valence-electron chi connectivity index (χ4n) is 1.78. The average molecular weight is 330 g/mol. The molecule has 0 saturated carbocycles. The third kappa shape index (κ3) is 6.58. The molecule has 23 heavy (non-hydrogen) atoms. The number of hydrogen-bond acceptors (Lipinski definition) is 2. The lowest BCUT2D eigenvalue weighted by molar-refractivity contribution is -0.137. The molecule has 0 bridgehead atoms. The predicted octanol–water partition coefficient (Wildman–Crippen LogP) is 1.85. The van der Waals surface area contributed by atoms with Crippen molar-refractivity contribution >= 4 is 11.9 Å². The molecule has 1 rings (SSSR count). The highest BCUT2D eigenvalue weighted by Gasteiger charge is 2.30. The maximum atomic E-state index is 12.6. The number of aliphatic imine (C=N–C) groups is 1. The van der Waals surface area contributed by atoms with E-state index in [2.05, 4.69) is 15.6 Å². The first-order valence-electron chi connectivity index (χ1n) is 7.05. The first-order chi connectivity index (χ1) is 10.7. The molecule has 8 heteroatoms. The van der Waals surface area contributed by atoms with E-state index in [0.717, 1.165) is 12.1 Å². The van der Waals surface area contributed by atoms with Gasteiger partial charge in [-0.3, -0.25) is 9.79 Å². The molecule has 128 valence electrons. The van der Waals surface area contributed by atoms with Crippen LogP contribution in [0.3, 0.4) is 0 Å². The fraction of sp³-hybridized carbons (Fsp3) is 0.467. The zero-order valence-electron chi connectivity index (χ0n) is 13.4. The van der Waals surface area contributed by atoms with Crippen molar-refractivity contribution in [3.8, 4) is 0 Å². The number of amides is 1. The Labute approximate surface area is 133 Å². The smallest absolute Gasteiger partial charge is 0.356 e. The lowest BCUT2D eigenvalue weighted by Crippen LogP contribution is -2.38. The van der Waals surface area contributed by atoms with Gasteiger partial charge in [0.2, 0.25) is 5.91 Å². The Morgan fingerprint density at radius 2 is 1.96 bits per heavy atom. The number of nitrogens with zero attached hydrogens (tertiary/aromatic N) is 2. The Bertz CT molecular complexity index is 556. The van der Waals surface area contributed by atoms with Crippen LogP contribution in [0, 0.1) is 0 Å². The van der Waals surface area contributed by atoms with Crippen molar-refractivity contribution in [3.63, 3.8) is 0 Å². The topological polar surface area (TPSA) is 56.7 Å². The van der Waals surface area contributed by atoms with Gasteiger partial charge in [0.1, 0.15) is 0 Å². The van der Waals surface area contributed by atoms with E-state index in [1.165, 1.54) is 11.0 Å². The summed E-state index contributed by atoms with van der Waals surface area (Å²) in [6.07, 6.45) is -4.06. The summed E-state index contributed by atoms with van der Waals surface area (Å²) in [5, 5.41) is 5.85. The van der Waals surface area contributed by atoms with Crippen LogP contribution in [0.4, 0.5) is 13.2 Å². The van der Waals surface area contributed by atoms with Gasteiger partial charge in [-0.15, -0.1) is 0 Å². The summed E-state index contributed by atoms with van der Waals surface area (Å²) in [7, 11) is 4.89. The van der Waals surface area contributed by atoms with Crippen LogP contribution in [0.15, 0.2) is 29.3 Å². The highest BCUT2D eigenvalue weighted by Crippen LogP contribution is 2.29. The second-order valence-corrected chi connectivity index (χ2v) is 5.09. The van der Waals surface area contributed by atoms with E-state index in [9.17, 15) is 18.0 Å². The molecule has 0 aromatic heterocycles. The molecule has 1 aromatic rings. The first-order valence-corrected chi connectivity index (χ1v) is 7.05. The molecule has 0 fully saturated rings. The minimum atomic E-state index is -4.36. The molecule has 0 unspecified atom stereocenters. The number of guanidine groups is 1. The van der Waals surface area contributed by atoms with Crippen molar-refractivity contribution in [1.82, 2.24) is 15.5 Å². The molecular formula is C15H21F3N4O. The molecule has 0 saturated heterocycles. The van der Waals surface area contributed by atoms with E-state index in [0.29, 0.717) is 24.5 Å². The van der Waals surface area contributed by atoms with Crippen LogP contribution in [0.1, 0.15) is 17.5 Å². The molecule has 5 nitrogen and oxygen atoms in total. The Hall–Kier alpha value is -2.25. The number of nitrogens with one attached hydrogen (secondary N) is 2. The van der Waals surface area contributed by atoms with Crippen LogP contribution in [0.5, 0.6) is 0 Å². The number of carbonyl (C=O) groups is 1. The van der Waals surface area contributed by atoms with Gasteiger partial charge in [0, 0.05) is 40.7 Å². The molecule has 0 aliphatic carbocycles. The lowest BCUT2D eigenvalue weighted by atomic mass is 10.1. The van der Waals surface area contributed by atoms with Gasteiger partial charge in [0.15, 0.2) is 5.96 Å². The summed E-state index contributed by atoms with van der Waals surface area (Å²) in [6.45, 7) is 0.588. The van der Waals surface area contributed by atoms with Crippen molar-refractivity contribution in [2.45, 2.75) is 19.1 Å². The number of alkyl halides is 3. The van der Waals surface area contributed by atoms with Gasteiger partial charge in [-0.05, 0) is 17.7 Å². The summed E-state index contributed by atoms with van der Waals surface area (Å²) in [5.74, 6) is 0.403. The summed E-state index contributed by atoms with van der Waals surface area (Å²) >= 11 is 0. The van der Waals surface area contributed by atoms with Crippen molar-refractivity contribution in [1.29, 1.82) is 0 Å². The zero-order valence-corrected chi connectivity index (χ0v) is 13.4. The minimum absolute atomic E-state index is 0.0224. The second kappa shape index (κ2) is 8.40. The second-order valence-electron chi connectivity index (χ2n) is 5.09. The number of benzene rings is 1. The van der Waals surface area contributed by atoms with Crippen LogP contribution in [-0.2, 0) is 17.5 Å². The summed E-state index contributed by atoms with van der Waals surface area (Å²) in [6, 6.07) is 5.09. The van der Waals surface area contributed by atoms with Crippen molar-refractivity contribution < 1.29 is 18.0 Å². The third-order valence-corrected chi connectivity index (χ3v) is 3.07. The summed E-state index contributed by atoms with van der Waals surface area (Å²) in [4.78, 5) is 16.9. The number of rotatable bonds is 5. The third-order valence-electron chi connectivity index (χ3n) is 3.07. The minimum Gasteiger partial charge on any atom is -0.356 e. The van der Waals surface area contributed by atoms with Crippen molar-refractivity contribution in [2.24, 2.45) is 4.99 Å².